The zero-order chi connectivity index (χ0) is 20.9. The van der Waals surface area contributed by atoms with Crippen LogP contribution in [0.25, 0.3) is 11.5 Å². The second kappa shape index (κ2) is 8.27. The minimum atomic E-state index is -0.454. The smallest absolute Gasteiger partial charge is 0.322 e. The van der Waals surface area contributed by atoms with Crippen LogP contribution in [0.1, 0.15) is 20.7 Å². The third-order valence-corrected chi connectivity index (χ3v) is 4.22. The largest absolute Gasteiger partial charge is 0.507 e. The van der Waals surface area contributed by atoms with Gasteiger partial charge < -0.3 is 14.8 Å². The summed E-state index contributed by atoms with van der Waals surface area (Å²) in [5, 5.41) is 22.7. The molecular formula is C22H16N4O4. The molecular weight excluding hydrogens is 384 g/mol. The molecule has 0 radical (unpaired) electrons. The Morgan fingerprint density at radius 1 is 0.767 bits per heavy atom. The van der Waals surface area contributed by atoms with Crippen molar-refractivity contribution in [2.75, 3.05) is 10.6 Å². The molecule has 1 heterocycles. The van der Waals surface area contributed by atoms with Gasteiger partial charge in [-0.1, -0.05) is 35.4 Å². The summed E-state index contributed by atoms with van der Waals surface area (Å²) in [6.07, 6.45) is 0. The van der Waals surface area contributed by atoms with E-state index < -0.39 is 11.8 Å². The fraction of sp³-hybridized carbons (Fsp3) is 0. The normalized spacial score (nSPS) is 10.4. The average Bonchev–Trinajstić information content (AvgIpc) is 3.23. The first kappa shape index (κ1) is 18.9. The summed E-state index contributed by atoms with van der Waals surface area (Å²) < 4.78 is 5.46. The summed E-state index contributed by atoms with van der Waals surface area (Å²) >= 11 is 0. The predicted octanol–water partition coefficient (Wildman–Crippen LogP) is 3.95. The van der Waals surface area contributed by atoms with E-state index in [9.17, 15) is 14.7 Å². The summed E-state index contributed by atoms with van der Waals surface area (Å²) in [5.41, 5.74) is 1.72. The van der Waals surface area contributed by atoms with Crippen LogP contribution in [-0.4, -0.2) is 27.1 Å². The Kier molecular flexibility index (Phi) is 5.21. The fourth-order valence-electron chi connectivity index (χ4n) is 2.71. The van der Waals surface area contributed by atoms with Gasteiger partial charge in [-0.3, -0.25) is 14.9 Å². The van der Waals surface area contributed by atoms with E-state index in [1.54, 1.807) is 36.4 Å². The van der Waals surface area contributed by atoms with E-state index in [1.807, 2.05) is 30.3 Å². The Bertz CT molecular complexity index is 1190. The van der Waals surface area contributed by atoms with Gasteiger partial charge in [0, 0.05) is 16.8 Å². The maximum Gasteiger partial charge on any atom is 0.322 e. The highest BCUT2D eigenvalue weighted by molar-refractivity contribution is 6.07. The first-order valence-electron chi connectivity index (χ1n) is 9.00. The highest BCUT2D eigenvalue weighted by Gasteiger charge is 2.14. The summed E-state index contributed by atoms with van der Waals surface area (Å²) in [6, 6.07) is 21.7. The Hall–Kier alpha value is -4.46. The van der Waals surface area contributed by atoms with Crippen molar-refractivity contribution >= 4 is 23.5 Å². The van der Waals surface area contributed by atoms with E-state index in [4.69, 9.17) is 4.42 Å². The van der Waals surface area contributed by atoms with Crippen molar-refractivity contribution in [1.29, 1.82) is 0 Å². The van der Waals surface area contributed by atoms with Crippen LogP contribution in [0, 0.1) is 0 Å². The number of aromatic nitrogens is 2. The number of carbonyl (C=O) groups excluding carboxylic acids is 2. The molecule has 0 bridgehead atoms. The Balaban J connectivity index is 1.40. The zero-order valence-electron chi connectivity index (χ0n) is 15.6. The van der Waals surface area contributed by atoms with Crippen LogP contribution < -0.4 is 10.6 Å². The van der Waals surface area contributed by atoms with Crippen molar-refractivity contribution in [3.8, 4) is 17.2 Å². The number of para-hydroxylation sites is 1. The standard InChI is InChI=1S/C22H16N4O4/c27-18-9-5-4-8-17(18)20(29)23-16-12-10-14(11-13-16)19(28)24-22-26-25-21(30-22)15-6-2-1-3-7-15/h1-13,27H,(H,23,29)(H,24,26,28). The van der Waals surface area contributed by atoms with Crippen molar-refractivity contribution in [2.45, 2.75) is 0 Å². The maximum atomic E-state index is 12.4. The molecule has 0 atom stereocenters. The first-order chi connectivity index (χ1) is 14.6. The minimum absolute atomic E-state index is 0.0178. The Morgan fingerprint density at radius 2 is 1.47 bits per heavy atom. The monoisotopic (exact) mass is 400 g/mol. The second-order valence-electron chi connectivity index (χ2n) is 6.28. The van der Waals surface area contributed by atoms with Gasteiger partial charge in [0.15, 0.2) is 0 Å². The molecule has 1 aromatic heterocycles. The molecule has 0 fully saturated rings. The fourth-order valence-corrected chi connectivity index (χ4v) is 2.71. The molecule has 0 unspecified atom stereocenters. The molecule has 4 aromatic rings. The number of hydrogen-bond donors (Lipinski definition) is 3. The molecule has 0 saturated heterocycles. The summed E-state index contributed by atoms with van der Waals surface area (Å²) in [6.45, 7) is 0. The van der Waals surface area contributed by atoms with Crippen molar-refractivity contribution < 1.29 is 19.1 Å². The Labute approximate surface area is 171 Å². The molecule has 8 heteroatoms. The third kappa shape index (κ3) is 4.17. The lowest BCUT2D eigenvalue weighted by atomic mass is 10.1. The minimum Gasteiger partial charge on any atom is -0.507 e. The van der Waals surface area contributed by atoms with Crippen molar-refractivity contribution in [3.63, 3.8) is 0 Å². The number of hydrogen-bond acceptors (Lipinski definition) is 6. The van der Waals surface area contributed by atoms with Crippen LogP contribution in [0.5, 0.6) is 5.75 Å². The Morgan fingerprint density at radius 3 is 2.20 bits per heavy atom. The van der Waals surface area contributed by atoms with Gasteiger partial charge in [-0.2, -0.15) is 0 Å². The molecule has 3 aromatic carbocycles. The number of nitrogens with one attached hydrogen (secondary N) is 2. The van der Waals surface area contributed by atoms with Crippen LogP contribution in [0.15, 0.2) is 83.3 Å². The number of anilines is 2. The summed E-state index contributed by atoms with van der Waals surface area (Å²) in [4.78, 5) is 24.6. The number of aromatic hydroxyl groups is 1. The number of phenolic OH excluding ortho intramolecular Hbond substituents is 1. The lowest BCUT2D eigenvalue weighted by molar-refractivity contribution is 0.101. The van der Waals surface area contributed by atoms with Crippen LogP contribution in [0.3, 0.4) is 0 Å². The van der Waals surface area contributed by atoms with Gasteiger partial charge in [0.2, 0.25) is 5.89 Å². The third-order valence-electron chi connectivity index (χ3n) is 4.22. The molecule has 8 nitrogen and oxygen atoms in total. The number of benzene rings is 3. The molecule has 148 valence electrons. The molecule has 0 aliphatic carbocycles. The van der Waals surface area contributed by atoms with Gasteiger partial charge in [0.25, 0.3) is 11.8 Å². The van der Waals surface area contributed by atoms with E-state index in [2.05, 4.69) is 20.8 Å². The van der Waals surface area contributed by atoms with Gasteiger partial charge in [-0.25, -0.2) is 0 Å². The van der Waals surface area contributed by atoms with Gasteiger partial charge in [0.05, 0.1) is 5.56 Å². The molecule has 30 heavy (non-hydrogen) atoms. The highest BCUT2D eigenvalue weighted by Crippen LogP contribution is 2.20. The van der Waals surface area contributed by atoms with Gasteiger partial charge in [-0.15, -0.1) is 5.10 Å². The topological polar surface area (TPSA) is 117 Å². The molecule has 0 aliphatic rings. The first-order valence-corrected chi connectivity index (χ1v) is 9.00. The summed E-state index contributed by atoms with van der Waals surface area (Å²) in [5.74, 6) is -0.699. The molecule has 2 amide bonds. The number of rotatable bonds is 5. The quantitative estimate of drug-likeness (QED) is 0.467. The SMILES string of the molecule is O=C(Nc1nnc(-c2ccccc2)o1)c1ccc(NC(=O)c2ccccc2O)cc1. The number of phenols is 1. The van der Waals surface area contributed by atoms with E-state index in [1.165, 1.54) is 12.1 Å². The molecule has 4 rings (SSSR count). The van der Waals surface area contributed by atoms with Gasteiger partial charge in [-0.05, 0) is 48.5 Å². The van der Waals surface area contributed by atoms with E-state index in [0.29, 0.717) is 17.1 Å². The van der Waals surface area contributed by atoms with Gasteiger partial charge >= 0.3 is 6.01 Å². The summed E-state index contributed by atoms with van der Waals surface area (Å²) in [7, 11) is 0. The van der Waals surface area contributed by atoms with E-state index in [0.717, 1.165) is 5.56 Å². The highest BCUT2D eigenvalue weighted by atomic mass is 16.4. The van der Waals surface area contributed by atoms with Gasteiger partial charge in [0.1, 0.15) is 5.75 Å². The van der Waals surface area contributed by atoms with Crippen LogP contribution >= 0.6 is 0 Å². The number of nitrogens with zero attached hydrogens (tertiary/aromatic N) is 2. The van der Waals surface area contributed by atoms with Crippen molar-refractivity contribution in [1.82, 2.24) is 10.2 Å². The predicted molar refractivity (Wildman–Crippen MR) is 110 cm³/mol. The lowest BCUT2D eigenvalue weighted by Crippen LogP contribution is -2.14. The van der Waals surface area contributed by atoms with E-state index in [-0.39, 0.29) is 17.3 Å². The zero-order valence-corrected chi connectivity index (χ0v) is 15.6. The van der Waals surface area contributed by atoms with Crippen LogP contribution in [-0.2, 0) is 0 Å². The number of amides is 2. The van der Waals surface area contributed by atoms with Crippen LogP contribution in [0.2, 0.25) is 0 Å². The van der Waals surface area contributed by atoms with Crippen molar-refractivity contribution in [3.05, 3.63) is 90.0 Å². The average molecular weight is 400 g/mol. The molecule has 0 spiro atoms. The maximum absolute atomic E-state index is 12.4. The molecule has 0 aliphatic heterocycles. The number of carbonyl (C=O) groups is 2. The molecule has 0 saturated carbocycles. The lowest BCUT2D eigenvalue weighted by Gasteiger charge is -2.07. The van der Waals surface area contributed by atoms with E-state index >= 15 is 0 Å². The van der Waals surface area contributed by atoms with Crippen LogP contribution in [0.4, 0.5) is 11.7 Å². The molecule has 3 N–H and O–H groups in total. The second-order valence-corrected chi connectivity index (χ2v) is 6.28. The van der Waals surface area contributed by atoms with Crippen molar-refractivity contribution in [2.24, 2.45) is 0 Å².